The molecule has 5 heteroatoms. The highest BCUT2D eigenvalue weighted by Crippen LogP contribution is 2.30. The van der Waals surface area contributed by atoms with Crippen LogP contribution >= 0.6 is 0 Å². The fraction of sp³-hybridized carbons (Fsp3) is 0.211. The van der Waals surface area contributed by atoms with E-state index in [2.05, 4.69) is 20.5 Å². The lowest BCUT2D eigenvalue weighted by atomic mass is 10.0. The predicted octanol–water partition coefficient (Wildman–Crippen LogP) is 3.67. The Hall–Kier alpha value is -2.95. The summed E-state index contributed by atoms with van der Waals surface area (Å²) < 4.78 is 0. The molecule has 24 heavy (non-hydrogen) atoms. The number of aromatic nitrogens is 3. The van der Waals surface area contributed by atoms with Crippen molar-refractivity contribution in [2.75, 3.05) is 0 Å². The van der Waals surface area contributed by atoms with E-state index in [1.54, 1.807) is 18.6 Å². The van der Waals surface area contributed by atoms with Crippen molar-refractivity contribution < 1.29 is 4.79 Å². The van der Waals surface area contributed by atoms with Gasteiger partial charge in [0.15, 0.2) is 0 Å². The maximum atomic E-state index is 12.4. The summed E-state index contributed by atoms with van der Waals surface area (Å²) in [7, 11) is 0. The molecule has 5 nitrogen and oxygen atoms in total. The molecule has 122 valence electrons. The summed E-state index contributed by atoms with van der Waals surface area (Å²) in [6.07, 6.45) is 5.28. The molecule has 0 bridgehead atoms. The van der Waals surface area contributed by atoms with Gasteiger partial charge in [0.05, 0.1) is 11.9 Å². The van der Waals surface area contributed by atoms with Gasteiger partial charge in [0.2, 0.25) is 0 Å². The van der Waals surface area contributed by atoms with Crippen LogP contribution in [0.1, 0.15) is 31.1 Å². The highest BCUT2D eigenvalue weighted by atomic mass is 16.1. The molecule has 0 aliphatic rings. The molecule has 0 unspecified atom stereocenters. The third-order valence-corrected chi connectivity index (χ3v) is 3.53. The Balaban J connectivity index is 1.96. The van der Waals surface area contributed by atoms with Crippen LogP contribution in [0, 0.1) is 0 Å². The zero-order valence-corrected chi connectivity index (χ0v) is 14.0. The first-order valence-electron chi connectivity index (χ1n) is 7.81. The zero-order chi connectivity index (χ0) is 17.2. The minimum absolute atomic E-state index is 0.0886. The molecule has 0 radical (unpaired) electrons. The normalized spacial score (nSPS) is 11.3. The first-order valence-corrected chi connectivity index (χ1v) is 7.81. The molecule has 2 heterocycles. The van der Waals surface area contributed by atoms with Gasteiger partial charge in [-0.15, -0.1) is 0 Å². The topological polar surface area (TPSA) is 70.7 Å². The molecule has 2 aromatic heterocycles. The van der Waals surface area contributed by atoms with Crippen molar-refractivity contribution in [3.63, 3.8) is 0 Å². The summed E-state index contributed by atoms with van der Waals surface area (Å²) in [5, 5.41) is 10.2. The van der Waals surface area contributed by atoms with Gasteiger partial charge in [0.1, 0.15) is 0 Å². The molecule has 2 N–H and O–H groups in total. The van der Waals surface area contributed by atoms with E-state index in [1.807, 2.05) is 57.2 Å². The standard InChI is InChI=1S/C19H20N4O/c1-19(2,3)22-18(24)15-6-4-5-14(11-15)17-16(12-21-23-17)13-7-9-20-10-8-13/h4-12H,1-3H3,(H,21,23)(H,22,24). The molecule has 0 saturated carbocycles. The van der Waals surface area contributed by atoms with Crippen molar-refractivity contribution in [1.82, 2.24) is 20.5 Å². The number of nitrogens with zero attached hydrogens (tertiary/aromatic N) is 2. The van der Waals surface area contributed by atoms with Crippen LogP contribution in [-0.2, 0) is 0 Å². The van der Waals surface area contributed by atoms with E-state index in [4.69, 9.17) is 0 Å². The lowest BCUT2D eigenvalue weighted by molar-refractivity contribution is 0.0919. The summed E-state index contributed by atoms with van der Waals surface area (Å²) in [5.41, 5.74) is 4.15. The van der Waals surface area contributed by atoms with Gasteiger partial charge in [-0.25, -0.2) is 0 Å². The summed E-state index contributed by atoms with van der Waals surface area (Å²) >= 11 is 0. The Morgan fingerprint density at radius 2 is 1.83 bits per heavy atom. The highest BCUT2D eigenvalue weighted by Gasteiger charge is 2.16. The molecule has 0 atom stereocenters. The molecule has 1 aromatic carbocycles. The maximum Gasteiger partial charge on any atom is 0.251 e. The molecule has 0 spiro atoms. The first-order chi connectivity index (χ1) is 11.4. The Kier molecular flexibility index (Phi) is 4.16. The highest BCUT2D eigenvalue weighted by molar-refractivity contribution is 5.96. The van der Waals surface area contributed by atoms with Crippen LogP contribution in [0.2, 0.25) is 0 Å². The van der Waals surface area contributed by atoms with Gasteiger partial charge in [-0.1, -0.05) is 12.1 Å². The summed E-state index contributed by atoms with van der Waals surface area (Å²) in [5.74, 6) is -0.0886. The average molecular weight is 320 g/mol. The molecule has 3 rings (SSSR count). The van der Waals surface area contributed by atoms with Gasteiger partial charge in [-0.3, -0.25) is 14.9 Å². The quantitative estimate of drug-likeness (QED) is 0.773. The second kappa shape index (κ2) is 6.28. The van der Waals surface area contributed by atoms with Gasteiger partial charge in [-0.2, -0.15) is 5.10 Å². The lowest BCUT2D eigenvalue weighted by Crippen LogP contribution is -2.40. The number of hydrogen-bond acceptors (Lipinski definition) is 3. The molecular weight excluding hydrogens is 300 g/mol. The van der Waals surface area contributed by atoms with Gasteiger partial charge in [0.25, 0.3) is 5.91 Å². The largest absolute Gasteiger partial charge is 0.347 e. The molecule has 0 saturated heterocycles. The van der Waals surface area contributed by atoms with Crippen molar-refractivity contribution in [3.8, 4) is 22.4 Å². The third kappa shape index (κ3) is 3.51. The van der Waals surface area contributed by atoms with Gasteiger partial charge >= 0.3 is 0 Å². The fourth-order valence-corrected chi connectivity index (χ4v) is 2.49. The third-order valence-electron chi connectivity index (χ3n) is 3.53. The number of pyridine rings is 1. The monoisotopic (exact) mass is 320 g/mol. The van der Waals surface area contributed by atoms with Crippen molar-refractivity contribution in [3.05, 3.63) is 60.6 Å². The number of benzene rings is 1. The van der Waals surface area contributed by atoms with Crippen LogP contribution in [0.3, 0.4) is 0 Å². The van der Waals surface area contributed by atoms with E-state index in [-0.39, 0.29) is 11.4 Å². The van der Waals surface area contributed by atoms with Crippen molar-refractivity contribution in [1.29, 1.82) is 0 Å². The minimum atomic E-state index is -0.275. The number of amides is 1. The first kappa shape index (κ1) is 15.9. The Morgan fingerprint density at radius 3 is 2.54 bits per heavy atom. The second-order valence-electron chi connectivity index (χ2n) is 6.68. The van der Waals surface area contributed by atoms with Crippen LogP contribution in [0.25, 0.3) is 22.4 Å². The van der Waals surface area contributed by atoms with E-state index in [1.165, 1.54) is 0 Å². The number of hydrogen-bond donors (Lipinski definition) is 2. The van der Waals surface area contributed by atoms with Crippen molar-refractivity contribution >= 4 is 5.91 Å². The number of carbonyl (C=O) groups excluding carboxylic acids is 1. The summed E-state index contributed by atoms with van der Waals surface area (Å²) in [6, 6.07) is 11.4. The summed E-state index contributed by atoms with van der Waals surface area (Å²) in [6.45, 7) is 5.89. The second-order valence-corrected chi connectivity index (χ2v) is 6.68. The number of nitrogens with one attached hydrogen (secondary N) is 2. The molecule has 1 amide bonds. The SMILES string of the molecule is CC(C)(C)NC(=O)c1cccc(-c2[nH]ncc2-c2ccncc2)c1. The number of rotatable bonds is 3. The van der Waals surface area contributed by atoms with E-state index in [0.717, 1.165) is 22.4 Å². The van der Waals surface area contributed by atoms with Gasteiger partial charge in [-0.05, 0) is 50.6 Å². The van der Waals surface area contributed by atoms with Crippen LogP contribution in [-0.4, -0.2) is 26.6 Å². The maximum absolute atomic E-state index is 12.4. The average Bonchev–Trinajstić information content (AvgIpc) is 3.04. The van der Waals surface area contributed by atoms with Crippen molar-refractivity contribution in [2.45, 2.75) is 26.3 Å². The number of H-pyrrole nitrogens is 1. The number of carbonyl (C=O) groups is 1. The Bertz CT molecular complexity index is 847. The van der Waals surface area contributed by atoms with Crippen molar-refractivity contribution in [2.24, 2.45) is 0 Å². The molecule has 0 aliphatic heterocycles. The van der Waals surface area contributed by atoms with Crippen LogP contribution in [0.15, 0.2) is 55.0 Å². The zero-order valence-electron chi connectivity index (χ0n) is 14.0. The Morgan fingerprint density at radius 1 is 1.08 bits per heavy atom. The van der Waals surface area contributed by atoms with Gasteiger partial charge in [0, 0.05) is 34.6 Å². The predicted molar refractivity (Wildman–Crippen MR) is 94.5 cm³/mol. The summed E-state index contributed by atoms with van der Waals surface area (Å²) in [4.78, 5) is 16.4. The van der Waals surface area contributed by atoms with E-state index >= 15 is 0 Å². The molecule has 3 aromatic rings. The molecular formula is C19H20N4O. The van der Waals surface area contributed by atoms with Crippen LogP contribution in [0.5, 0.6) is 0 Å². The van der Waals surface area contributed by atoms with E-state index in [9.17, 15) is 4.79 Å². The molecule has 0 aliphatic carbocycles. The minimum Gasteiger partial charge on any atom is -0.347 e. The van der Waals surface area contributed by atoms with Crippen LogP contribution < -0.4 is 5.32 Å². The smallest absolute Gasteiger partial charge is 0.251 e. The lowest BCUT2D eigenvalue weighted by Gasteiger charge is -2.20. The molecule has 0 fully saturated rings. The van der Waals surface area contributed by atoms with Gasteiger partial charge < -0.3 is 5.32 Å². The Labute approximate surface area is 141 Å². The van der Waals surface area contributed by atoms with Crippen LogP contribution in [0.4, 0.5) is 0 Å². The number of aromatic amines is 1. The van der Waals surface area contributed by atoms with E-state index in [0.29, 0.717) is 5.56 Å². The van der Waals surface area contributed by atoms with E-state index < -0.39 is 0 Å². The fourth-order valence-electron chi connectivity index (χ4n) is 2.49.